The van der Waals surface area contributed by atoms with Crippen molar-refractivity contribution in [1.82, 2.24) is 25.7 Å². The summed E-state index contributed by atoms with van der Waals surface area (Å²) in [7, 11) is 0. The molecular weight excluding hydrogens is 383 g/mol. The van der Waals surface area contributed by atoms with Crippen LogP contribution in [0.25, 0.3) is 0 Å². The molecule has 3 atom stereocenters. The zero-order valence-corrected chi connectivity index (χ0v) is 17.3. The molecule has 5 rings (SSSR count). The molecule has 4 aliphatic rings. The first-order valence-electron chi connectivity index (χ1n) is 10.9. The Morgan fingerprint density at radius 1 is 1.20 bits per heavy atom. The van der Waals surface area contributed by atoms with Gasteiger partial charge in [0.15, 0.2) is 0 Å². The quantitative estimate of drug-likeness (QED) is 0.796. The molecule has 2 N–H and O–H groups in total. The highest BCUT2D eigenvalue weighted by molar-refractivity contribution is 5.89. The molecule has 0 aromatic heterocycles. The minimum absolute atomic E-state index is 0.0360. The Labute approximate surface area is 176 Å². The number of carbonyl (C=O) groups is 1. The molecule has 0 saturated carbocycles. The summed E-state index contributed by atoms with van der Waals surface area (Å²) >= 11 is 0. The highest BCUT2D eigenvalue weighted by Crippen LogP contribution is 2.34. The molecule has 0 spiro atoms. The fraction of sp³-hybridized carbons (Fsp3) is 0.545. The molecule has 8 heteroatoms. The topological polar surface area (TPSA) is 63.2 Å². The number of benzene rings is 1. The smallest absolute Gasteiger partial charge is 0.223 e. The Bertz CT molecular complexity index is 848. The van der Waals surface area contributed by atoms with E-state index in [1.807, 2.05) is 29.4 Å². The van der Waals surface area contributed by atoms with E-state index in [-0.39, 0.29) is 30.0 Å². The molecular formula is C22H29FN6O. The molecule has 2 fully saturated rings. The number of nitrogens with one attached hydrogen (secondary N) is 2. The monoisotopic (exact) mass is 412 g/mol. The van der Waals surface area contributed by atoms with E-state index in [1.54, 1.807) is 0 Å². The fourth-order valence-electron chi connectivity index (χ4n) is 4.86. The van der Waals surface area contributed by atoms with Crippen molar-refractivity contribution in [3.05, 3.63) is 48.0 Å². The summed E-state index contributed by atoms with van der Waals surface area (Å²) in [4.78, 5) is 16.8. The minimum Gasteiger partial charge on any atom is -0.343 e. The van der Waals surface area contributed by atoms with Gasteiger partial charge in [-0.2, -0.15) is 5.10 Å². The van der Waals surface area contributed by atoms with Crippen LogP contribution in [0.1, 0.15) is 50.6 Å². The zero-order chi connectivity index (χ0) is 20.7. The van der Waals surface area contributed by atoms with Crippen LogP contribution in [0.15, 0.2) is 41.8 Å². The number of hydrogen-bond acceptors (Lipinski definition) is 6. The second kappa shape index (κ2) is 7.91. The van der Waals surface area contributed by atoms with E-state index >= 15 is 0 Å². The molecule has 4 heterocycles. The van der Waals surface area contributed by atoms with Crippen molar-refractivity contribution in [1.29, 1.82) is 0 Å². The molecule has 3 unspecified atom stereocenters. The Morgan fingerprint density at radius 2 is 1.97 bits per heavy atom. The summed E-state index contributed by atoms with van der Waals surface area (Å²) in [6, 6.07) is 7.02. The number of hydrazine groups is 1. The predicted octanol–water partition coefficient (Wildman–Crippen LogP) is 2.51. The average molecular weight is 413 g/mol. The lowest BCUT2D eigenvalue weighted by Gasteiger charge is -2.37. The number of hydrogen-bond donors (Lipinski definition) is 2. The number of rotatable bonds is 4. The van der Waals surface area contributed by atoms with E-state index in [9.17, 15) is 9.18 Å². The number of carbonyl (C=O) groups excluding carboxylic acids is 1. The van der Waals surface area contributed by atoms with Crippen molar-refractivity contribution in [2.45, 2.75) is 57.3 Å². The number of likely N-dealkylation sites (tertiary alicyclic amines) is 1. The van der Waals surface area contributed by atoms with E-state index < -0.39 is 0 Å². The standard InChI is InChI=1S/C22H29FN6O/c1-15-8-10-27(11-9-15)21(30)7-6-20-24-25-22-19-14-18(16-2-4-17(23)5-3-16)26-29(19)13-12-28(20)22/h2-5,12-13,15,18-19,22,25-26H,6-11,14H2,1H3. The lowest BCUT2D eigenvalue weighted by atomic mass is 9.99. The van der Waals surface area contributed by atoms with Crippen molar-refractivity contribution in [2.24, 2.45) is 11.0 Å². The summed E-state index contributed by atoms with van der Waals surface area (Å²) in [6.45, 7) is 4.01. The van der Waals surface area contributed by atoms with Crippen LogP contribution in [0.2, 0.25) is 0 Å². The molecule has 1 aromatic carbocycles. The second-order valence-corrected chi connectivity index (χ2v) is 8.81. The van der Waals surface area contributed by atoms with Gasteiger partial charge in [-0.3, -0.25) is 10.2 Å². The van der Waals surface area contributed by atoms with Gasteiger partial charge >= 0.3 is 0 Å². The molecule has 4 aliphatic heterocycles. The van der Waals surface area contributed by atoms with Crippen molar-refractivity contribution in [3.8, 4) is 0 Å². The molecule has 7 nitrogen and oxygen atoms in total. The summed E-state index contributed by atoms with van der Waals surface area (Å²) in [6.07, 6.45) is 8.31. The molecule has 1 aromatic rings. The first-order valence-corrected chi connectivity index (χ1v) is 10.9. The van der Waals surface area contributed by atoms with Gasteiger partial charge < -0.3 is 14.8 Å². The van der Waals surface area contributed by atoms with Gasteiger partial charge in [-0.25, -0.2) is 9.82 Å². The number of halogens is 1. The summed E-state index contributed by atoms with van der Waals surface area (Å²) < 4.78 is 13.3. The van der Waals surface area contributed by atoms with Crippen LogP contribution in [0.3, 0.4) is 0 Å². The first-order chi connectivity index (χ1) is 14.6. The molecule has 0 radical (unpaired) electrons. The number of piperidine rings is 1. The van der Waals surface area contributed by atoms with Gasteiger partial charge in [0.1, 0.15) is 17.8 Å². The largest absolute Gasteiger partial charge is 0.343 e. The van der Waals surface area contributed by atoms with Gasteiger partial charge in [-0.15, -0.1) is 0 Å². The summed E-state index contributed by atoms with van der Waals surface area (Å²) in [5.74, 6) is 1.65. The average Bonchev–Trinajstić information content (AvgIpc) is 3.37. The normalized spacial score (nSPS) is 28.3. The first kappa shape index (κ1) is 19.4. The number of fused-ring (bicyclic) bond motifs is 3. The van der Waals surface area contributed by atoms with Gasteiger partial charge in [0, 0.05) is 38.3 Å². The third-order valence-corrected chi connectivity index (χ3v) is 6.79. The van der Waals surface area contributed by atoms with E-state index in [0.29, 0.717) is 12.8 Å². The van der Waals surface area contributed by atoms with Gasteiger partial charge in [-0.05, 0) is 42.9 Å². The second-order valence-electron chi connectivity index (χ2n) is 8.81. The third kappa shape index (κ3) is 3.64. The van der Waals surface area contributed by atoms with Gasteiger partial charge in [0.25, 0.3) is 0 Å². The summed E-state index contributed by atoms with van der Waals surface area (Å²) in [5.41, 5.74) is 7.84. The fourth-order valence-corrected chi connectivity index (χ4v) is 4.86. The Balaban J connectivity index is 1.18. The summed E-state index contributed by atoms with van der Waals surface area (Å²) in [5, 5.41) is 6.66. The number of nitrogens with zero attached hydrogens (tertiary/aromatic N) is 4. The van der Waals surface area contributed by atoms with Gasteiger partial charge in [0.2, 0.25) is 5.91 Å². The Hall–Kier alpha value is -2.61. The molecule has 0 bridgehead atoms. The van der Waals surface area contributed by atoms with Crippen LogP contribution in [0.4, 0.5) is 4.39 Å². The SMILES string of the molecule is CC1CCN(C(=O)CCC2=NNC3C4CC(c5ccc(F)cc5)NN4C=CN23)CC1. The Morgan fingerprint density at radius 3 is 2.73 bits per heavy atom. The van der Waals surface area contributed by atoms with Gasteiger partial charge in [0.05, 0.1) is 12.1 Å². The molecule has 30 heavy (non-hydrogen) atoms. The van der Waals surface area contributed by atoms with Crippen molar-refractivity contribution >= 4 is 11.7 Å². The third-order valence-electron chi connectivity index (χ3n) is 6.79. The van der Waals surface area contributed by atoms with Crippen LogP contribution >= 0.6 is 0 Å². The maximum atomic E-state index is 13.3. The van der Waals surface area contributed by atoms with Gasteiger partial charge in [-0.1, -0.05) is 19.1 Å². The minimum atomic E-state index is -0.218. The number of amidine groups is 1. The van der Waals surface area contributed by atoms with Crippen LogP contribution in [-0.4, -0.2) is 51.8 Å². The lowest BCUT2D eigenvalue weighted by molar-refractivity contribution is -0.132. The molecule has 160 valence electrons. The lowest BCUT2D eigenvalue weighted by Crippen LogP contribution is -2.54. The van der Waals surface area contributed by atoms with E-state index in [2.05, 4.69) is 32.8 Å². The van der Waals surface area contributed by atoms with E-state index in [0.717, 1.165) is 49.7 Å². The molecule has 0 aliphatic carbocycles. The van der Waals surface area contributed by atoms with Crippen molar-refractivity contribution in [2.75, 3.05) is 13.1 Å². The van der Waals surface area contributed by atoms with Crippen LogP contribution < -0.4 is 10.9 Å². The zero-order valence-electron chi connectivity index (χ0n) is 17.3. The van der Waals surface area contributed by atoms with Crippen molar-refractivity contribution in [3.63, 3.8) is 0 Å². The molecule has 2 saturated heterocycles. The molecule has 1 amide bonds. The van der Waals surface area contributed by atoms with E-state index in [4.69, 9.17) is 0 Å². The predicted molar refractivity (Wildman–Crippen MR) is 112 cm³/mol. The number of amides is 1. The van der Waals surface area contributed by atoms with Crippen LogP contribution in [-0.2, 0) is 4.79 Å². The highest BCUT2D eigenvalue weighted by Gasteiger charge is 2.44. The number of hydrazone groups is 1. The van der Waals surface area contributed by atoms with Crippen molar-refractivity contribution < 1.29 is 9.18 Å². The maximum absolute atomic E-state index is 13.3. The maximum Gasteiger partial charge on any atom is 0.223 e. The van der Waals surface area contributed by atoms with Crippen LogP contribution in [0.5, 0.6) is 0 Å². The van der Waals surface area contributed by atoms with E-state index in [1.165, 1.54) is 12.1 Å². The van der Waals surface area contributed by atoms with Crippen LogP contribution in [0, 0.1) is 11.7 Å². The Kier molecular flexibility index (Phi) is 5.10. The highest BCUT2D eigenvalue weighted by atomic mass is 19.1.